The summed E-state index contributed by atoms with van der Waals surface area (Å²) in [7, 11) is 0. The number of carbonyl (C=O) groups is 1. The third-order valence-corrected chi connectivity index (χ3v) is 3.98. The normalized spacial score (nSPS) is 15.2. The van der Waals surface area contributed by atoms with Crippen molar-refractivity contribution in [2.45, 2.75) is 32.1 Å². The zero-order chi connectivity index (χ0) is 16.6. The van der Waals surface area contributed by atoms with Crippen molar-refractivity contribution in [3.8, 4) is 11.8 Å². The van der Waals surface area contributed by atoms with Crippen LogP contribution in [0.2, 0.25) is 0 Å². The SMILES string of the molecule is O=C(Nc1cccc(Oc2ncccn2)c1)N1CCCCCCC1. The Kier molecular flexibility index (Phi) is 5.61. The van der Waals surface area contributed by atoms with Gasteiger partial charge in [0.05, 0.1) is 0 Å². The Bertz CT molecular complexity index is 655. The molecule has 1 N–H and O–H groups in total. The number of anilines is 1. The molecule has 126 valence electrons. The van der Waals surface area contributed by atoms with Gasteiger partial charge in [0.2, 0.25) is 0 Å². The number of likely N-dealkylation sites (tertiary alicyclic amines) is 1. The molecule has 0 unspecified atom stereocenters. The van der Waals surface area contributed by atoms with E-state index in [2.05, 4.69) is 15.3 Å². The van der Waals surface area contributed by atoms with E-state index in [4.69, 9.17) is 4.74 Å². The molecule has 0 bridgehead atoms. The fraction of sp³-hybridized carbons (Fsp3) is 0.389. The smallest absolute Gasteiger partial charge is 0.321 e. The fourth-order valence-corrected chi connectivity index (χ4v) is 2.73. The van der Waals surface area contributed by atoms with Gasteiger partial charge in [0, 0.05) is 37.2 Å². The predicted molar refractivity (Wildman–Crippen MR) is 92.2 cm³/mol. The number of nitrogens with one attached hydrogen (secondary N) is 1. The summed E-state index contributed by atoms with van der Waals surface area (Å²) < 4.78 is 5.60. The maximum Gasteiger partial charge on any atom is 0.321 e. The van der Waals surface area contributed by atoms with Crippen LogP contribution < -0.4 is 10.1 Å². The minimum atomic E-state index is -0.0509. The van der Waals surface area contributed by atoms with Crippen molar-refractivity contribution in [2.75, 3.05) is 18.4 Å². The predicted octanol–water partition coefficient (Wildman–Crippen LogP) is 4.07. The van der Waals surface area contributed by atoms with Gasteiger partial charge < -0.3 is 15.0 Å². The van der Waals surface area contributed by atoms with Gasteiger partial charge in [0.15, 0.2) is 0 Å². The first kappa shape index (κ1) is 16.2. The van der Waals surface area contributed by atoms with Crippen molar-refractivity contribution in [3.63, 3.8) is 0 Å². The minimum Gasteiger partial charge on any atom is -0.424 e. The first-order chi connectivity index (χ1) is 11.8. The second kappa shape index (κ2) is 8.29. The van der Waals surface area contributed by atoms with Crippen molar-refractivity contribution in [3.05, 3.63) is 42.7 Å². The molecule has 0 atom stereocenters. The molecule has 1 fully saturated rings. The molecule has 2 aromatic rings. The largest absolute Gasteiger partial charge is 0.424 e. The summed E-state index contributed by atoms with van der Waals surface area (Å²) in [5.41, 5.74) is 0.704. The Morgan fingerprint density at radius 2 is 1.71 bits per heavy atom. The highest BCUT2D eigenvalue weighted by Crippen LogP contribution is 2.22. The molecule has 0 spiro atoms. The highest BCUT2D eigenvalue weighted by Gasteiger charge is 2.15. The summed E-state index contributed by atoms with van der Waals surface area (Å²) in [6, 6.07) is 9.23. The van der Waals surface area contributed by atoms with E-state index in [0.717, 1.165) is 25.9 Å². The van der Waals surface area contributed by atoms with Crippen LogP contribution in [0.1, 0.15) is 32.1 Å². The summed E-state index contributed by atoms with van der Waals surface area (Å²) in [6.45, 7) is 1.64. The summed E-state index contributed by atoms with van der Waals surface area (Å²) in [4.78, 5) is 22.4. The molecule has 0 radical (unpaired) electrons. The molecule has 1 aromatic heterocycles. The van der Waals surface area contributed by atoms with Crippen molar-refractivity contribution in [1.82, 2.24) is 14.9 Å². The molecule has 1 saturated heterocycles. The first-order valence-corrected chi connectivity index (χ1v) is 8.42. The van der Waals surface area contributed by atoms with Gasteiger partial charge in [-0.05, 0) is 31.0 Å². The van der Waals surface area contributed by atoms with E-state index < -0.39 is 0 Å². The third kappa shape index (κ3) is 4.68. The molecular weight excluding hydrogens is 304 g/mol. The van der Waals surface area contributed by atoms with Gasteiger partial charge in [0.25, 0.3) is 0 Å². The van der Waals surface area contributed by atoms with Crippen molar-refractivity contribution >= 4 is 11.7 Å². The zero-order valence-corrected chi connectivity index (χ0v) is 13.6. The Morgan fingerprint density at radius 3 is 2.46 bits per heavy atom. The van der Waals surface area contributed by atoms with Crippen LogP contribution in [0, 0.1) is 0 Å². The number of carbonyl (C=O) groups excluding carboxylic acids is 1. The van der Waals surface area contributed by atoms with Crippen LogP contribution in [0.15, 0.2) is 42.7 Å². The summed E-state index contributed by atoms with van der Waals surface area (Å²) in [5, 5.41) is 2.95. The highest BCUT2D eigenvalue weighted by molar-refractivity contribution is 5.89. The number of rotatable bonds is 3. The molecule has 0 aliphatic carbocycles. The standard InChI is InChI=1S/C18H22N4O2/c23-18(22-12-4-2-1-3-5-13-22)21-15-8-6-9-16(14-15)24-17-19-10-7-11-20-17/h6-11,14H,1-5,12-13H2,(H,21,23). The van der Waals surface area contributed by atoms with Crippen LogP contribution in [0.4, 0.5) is 10.5 Å². The monoisotopic (exact) mass is 326 g/mol. The average molecular weight is 326 g/mol. The van der Waals surface area contributed by atoms with Crippen molar-refractivity contribution < 1.29 is 9.53 Å². The fourth-order valence-electron chi connectivity index (χ4n) is 2.73. The lowest BCUT2D eigenvalue weighted by Gasteiger charge is -2.25. The number of hydrogen-bond acceptors (Lipinski definition) is 4. The molecule has 6 nitrogen and oxygen atoms in total. The van der Waals surface area contributed by atoms with Crippen LogP contribution in [0.25, 0.3) is 0 Å². The van der Waals surface area contributed by atoms with Gasteiger partial charge in [-0.15, -0.1) is 0 Å². The third-order valence-electron chi connectivity index (χ3n) is 3.98. The molecule has 2 heterocycles. The van der Waals surface area contributed by atoms with E-state index in [1.807, 2.05) is 23.1 Å². The summed E-state index contributed by atoms with van der Waals surface area (Å²) in [6.07, 6.45) is 9.06. The lowest BCUT2D eigenvalue weighted by molar-refractivity contribution is 0.206. The van der Waals surface area contributed by atoms with E-state index in [1.165, 1.54) is 19.3 Å². The Morgan fingerprint density at radius 1 is 1.00 bits per heavy atom. The lowest BCUT2D eigenvalue weighted by atomic mass is 10.1. The zero-order valence-electron chi connectivity index (χ0n) is 13.6. The summed E-state index contributed by atoms with van der Waals surface area (Å²) >= 11 is 0. The molecule has 3 rings (SSSR count). The molecule has 2 amide bonds. The van der Waals surface area contributed by atoms with Gasteiger partial charge in [-0.2, -0.15) is 0 Å². The van der Waals surface area contributed by atoms with Gasteiger partial charge in [0.1, 0.15) is 5.75 Å². The molecule has 1 aliphatic heterocycles. The Labute approximate surface area is 141 Å². The molecule has 6 heteroatoms. The number of hydrogen-bond donors (Lipinski definition) is 1. The van der Waals surface area contributed by atoms with Crippen LogP contribution >= 0.6 is 0 Å². The van der Waals surface area contributed by atoms with E-state index in [0.29, 0.717) is 11.4 Å². The minimum absolute atomic E-state index is 0.0509. The second-order valence-electron chi connectivity index (χ2n) is 5.85. The lowest BCUT2D eigenvalue weighted by Crippen LogP contribution is -2.37. The number of aromatic nitrogens is 2. The van der Waals surface area contributed by atoms with Crippen molar-refractivity contribution in [2.24, 2.45) is 0 Å². The van der Waals surface area contributed by atoms with E-state index in [9.17, 15) is 4.79 Å². The van der Waals surface area contributed by atoms with Gasteiger partial charge in [-0.25, -0.2) is 14.8 Å². The topological polar surface area (TPSA) is 67.3 Å². The van der Waals surface area contributed by atoms with Crippen LogP contribution in [-0.2, 0) is 0 Å². The number of benzene rings is 1. The average Bonchev–Trinajstić information content (AvgIpc) is 2.55. The van der Waals surface area contributed by atoms with Gasteiger partial charge in [-0.1, -0.05) is 25.3 Å². The number of urea groups is 1. The first-order valence-electron chi connectivity index (χ1n) is 8.42. The van der Waals surface area contributed by atoms with E-state index in [1.54, 1.807) is 24.5 Å². The van der Waals surface area contributed by atoms with Gasteiger partial charge >= 0.3 is 12.0 Å². The molecule has 1 aliphatic rings. The summed E-state index contributed by atoms with van der Waals surface area (Å²) in [5.74, 6) is 0.590. The van der Waals surface area contributed by atoms with Crippen molar-refractivity contribution in [1.29, 1.82) is 0 Å². The number of amides is 2. The second-order valence-corrected chi connectivity index (χ2v) is 5.85. The van der Waals surface area contributed by atoms with E-state index >= 15 is 0 Å². The Balaban J connectivity index is 1.62. The quantitative estimate of drug-likeness (QED) is 0.923. The number of nitrogens with zero attached hydrogens (tertiary/aromatic N) is 3. The van der Waals surface area contributed by atoms with Crippen LogP contribution in [0.3, 0.4) is 0 Å². The highest BCUT2D eigenvalue weighted by atomic mass is 16.5. The molecule has 1 aromatic carbocycles. The molecule has 24 heavy (non-hydrogen) atoms. The maximum atomic E-state index is 12.5. The molecule has 0 saturated carbocycles. The van der Waals surface area contributed by atoms with E-state index in [-0.39, 0.29) is 12.0 Å². The Hall–Kier alpha value is -2.63. The van der Waals surface area contributed by atoms with Crippen LogP contribution in [0.5, 0.6) is 11.8 Å². The van der Waals surface area contributed by atoms with Gasteiger partial charge in [-0.3, -0.25) is 0 Å². The molecular formula is C18H22N4O2. The maximum absolute atomic E-state index is 12.5. The number of ether oxygens (including phenoxy) is 1. The van der Waals surface area contributed by atoms with Crippen LogP contribution in [-0.4, -0.2) is 34.0 Å².